The van der Waals surface area contributed by atoms with E-state index in [1.54, 1.807) is 6.07 Å². The Kier molecular flexibility index (Phi) is 5.63. The Labute approximate surface area is 122 Å². The predicted octanol–water partition coefficient (Wildman–Crippen LogP) is 0.919. The Morgan fingerprint density at radius 1 is 1.43 bits per heavy atom. The van der Waals surface area contributed by atoms with Crippen LogP contribution >= 0.6 is 0 Å². The zero-order valence-corrected chi connectivity index (χ0v) is 11.8. The molecule has 0 spiro atoms. The summed E-state index contributed by atoms with van der Waals surface area (Å²) < 4.78 is 0. The van der Waals surface area contributed by atoms with Crippen LogP contribution in [0.1, 0.15) is 5.56 Å². The standard InChI is InChI=1S/C13H16N4O4/c1-15(2)5-6-16(9-13(18)19)11-4-3-10(8-14)12(7-11)17(20)21/h3-4,7H,5-6,9H2,1-2H3,(H,18,19). The molecule has 0 aliphatic heterocycles. The number of nitriles is 1. The number of aliphatic carboxylic acids is 1. The number of rotatable bonds is 7. The van der Waals surface area contributed by atoms with E-state index in [-0.39, 0.29) is 17.8 Å². The summed E-state index contributed by atoms with van der Waals surface area (Å²) in [4.78, 5) is 24.6. The van der Waals surface area contributed by atoms with Crippen LogP contribution in [0.4, 0.5) is 11.4 Å². The Morgan fingerprint density at radius 3 is 2.57 bits per heavy atom. The lowest BCUT2D eigenvalue weighted by Gasteiger charge is -2.24. The van der Waals surface area contributed by atoms with Gasteiger partial charge in [-0.25, -0.2) is 0 Å². The highest BCUT2D eigenvalue weighted by Crippen LogP contribution is 2.25. The van der Waals surface area contributed by atoms with Gasteiger partial charge in [0.2, 0.25) is 0 Å². The maximum absolute atomic E-state index is 11.0. The van der Waals surface area contributed by atoms with Gasteiger partial charge in [-0.1, -0.05) is 0 Å². The maximum Gasteiger partial charge on any atom is 0.323 e. The number of nitrogens with zero attached hydrogens (tertiary/aromatic N) is 4. The van der Waals surface area contributed by atoms with Crippen LogP contribution < -0.4 is 4.90 Å². The van der Waals surface area contributed by atoms with Gasteiger partial charge in [-0.05, 0) is 26.2 Å². The Balaban J connectivity index is 3.12. The molecule has 0 atom stereocenters. The van der Waals surface area contributed by atoms with E-state index >= 15 is 0 Å². The highest BCUT2D eigenvalue weighted by molar-refractivity contribution is 5.74. The van der Waals surface area contributed by atoms with Crippen LogP contribution in [-0.4, -0.2) is 54.6 Å². The Hall–Kier alpha value is -2.66. The van der Waals surface area contributed by atoms with Gasteiger partial charge in [0.15, 0.2) is 0 Å². The summed E-state index contributed by atoms with van der Waals surface area (Å²) in [6, 6.07) is 5.83. The highest BCUT2D eigenvalue weighted by Gasteiger charge is 2.18. The number of hydrogen-bond acceptors (Lipinski definition) is 6. The lowest BCUT2D eigenvalue weighted by Crippen LogP contribution is -2.35. The van der Waals surface area contributed by atoms with E-state index in [4.69, 9.17) is 10.4 Å². The number of nitro groups is 1. The molecule has 0 radical (unpaired) electrons. The fourth-order valence-electron chi connectivity index (χ4n) is 1.75. The fourth-order valence-corrected chi connectivity index (χ4v) is 1.75. The molecule has 0 fully saturated rings. The SMILES string of the molecule is CN(C)CCN(CC(=O)O)c1ccc(C#N)c([N+](=O)[O-])c1. The van der Waals surface area contributed by atoms with E-state index in [1.165, 1.54) is 23.1 Å². The molecule has 0 aliphatic carbocycles. The van der Waals surface area contributed by atoms with E-state index in [0.29, 0.717) is 18.8 Å². The second-order valence-electron chi connectivity index (χ2n) is 4.69. The molecular weight excluding hydrogens is 276 g/mol. The van der Waals surface area contributed by atoms with Gasteiger partial charge in [-0.3, -0.25) is 14.9 Å². The molecule has 1 aromatic carbocycles. The normalized spacial score (nSPS) is 10.2. The number of carboxylic acids is 1. The first-order chi connectivity index (χ1) is 9.85. The van der Waals surface area contributed by atoms with E-state index < -0.39 is 10.9 Å². The molecule has 0 aromatic heterocycles. The molecule has 0 saturated heterocycles. The van der Waals surface area contributed by atoms with Crippen molar-refractivity contribution in [2.75, 3.05) is 38.6 Å². The topological polar surface area (TPSA) is 111 Å². The molecular formula is C13H16N4O4. The fraction of sp³-hybridized carbons (Fsp3) is 0.385. The van der Waals surface area contributed by atoms with Gasteiger partial charge >= 0.3 is 5.97 Å². The van der Waals surface area contributed by atoms with E-state index in [1.807, 2.05) is 19.0 Å². The van der Waals surface area contributed by atoms with Crippen molar-refractivity contribution in [3.63, 3.8) is 0 Å². The minimum absolute atomic E-state index is 0.0494. The van der Waals surface area contributed by atoms with Gasteiger partial charge in [-0.2, -0.15) is 5.26 Å². The third-order valence-electron chi connectivity index (χ3n) is 2.81. The predicted molar refractivity (Wildman–Crippen MR) is 76.2 cm³/mol. The number of hydrogen-bond donors (Lipinski definition) is 1. The number of anilines is 1. The van der Waals surface area contributed by atoms with Crippen LogP contribution in [0.3, 0.4) is 0 Å². The van der Waals surface area contributed by atoms with Crippen LogP contribution in [0, 0.1) is 21.4 Å². The first-order valence-electron chi connectivity index (χ1n) is 6.15. The second-order valence-corrected chi connectivity index (χ2v) is 4.69. The number of likely N-dealkylation sites (N-methyl/N-ethyl adjacent to an activating group) is 1. The van der Waals surface area contributed by atoms with Crippen molar-refractivity contribution in [2.45, 2.75) is 0 Å². The summed E-state index contributed by atoms with van der Waals surface area (Å²) in [5.74, 6) is -1.03. The van der Waals surface area contributed by atoms with Crippen molar-refractivity contribution in [2.24, 2.45) is 0 Å². The molecule has 1 aromatic rings. The van der Waals surface area contributed by atoms with Crippen LogP contribution in [0.2, 0.25) is 0 Å². The van der Waals surface area contributed by atoms with E-state index in [9.17, 15) is 14.9 Å². The molecule has 8 heteroatoms. The maximum atomic E-state index is 11.0. The second kappa shape index (κ2) is 7.21. The van der Waals surface area contributed by atoms with Gasteiger partial charge in [-0.15, -0.1) is 0 Å². The highest BCUT2D eigenvalue weighted by atomic mass is 16.6. The lowest BCUT2D eigenvalue weighted by molar-refractivity contribution is -0.385. The van der Waals surface area contributed by atoms with Crippen molar-refractivity contribution < 1.29 is 14.8 Å². The smallest absolute Gasteiger partial charge is 0.323 e. The van der Waals surface area contributed by atoms with Crippen LogP contribution in [0.15, 0.2) is 18.2 Å². The number of nitro benzene ring substituents is 1. The average molecular weight is 292 g/mol. The summed E-state index contributed by atoms with van der Waals surface area (Å²) >= 11 is 0. The third-order valence-corrected chi connectivity index (χ3v) is 2.81. The van der Waals surface area contributed by atoms with E-state index in [0.717, 1.165) is 0 Å². The molecule has 8 nitrogen and oxygen atoms in total. The summed E-state index contributed by atoms with van der Waals surface area (Å²) in [5.41, 5.74) is 0.0341. The summed E-state index contributed by atoms with van der Waals surface area (Å²) in [6.07, 6.45) is 0. The van der Waals surface area contributed by atoms with Crippen molar-refractivity contribution in [3.8, 4) is 6.07 Å². The molecule has 0 unspecified atom stereocenters. The molecule has 0 heterocycles. The largest absolute Gasteiger partial charge is 0.480 e. The van der Waals surface area contributed by atoms with Gasteiger partial charge in [0, 0.05) is 24.8 Å². The van der Waals surface area contributed by atoms with Gasteiger partial charge in [0.25, 0.3) is 5.69 Å². The minimum Gasteiger partial charge on any atom is -0.480 e. The molecule has 0 saturated carbocycles. The summed E-state index contributed by atoms with van der Waals surface area (Å²) in [7, 11) is 3.69. The number of carboxylic acid groups (broad SMARTS) is 1. The van der Waals surface area contributed by atoms with Crippen LogP contribution in [0.5, 0.6) is 0 Å². The molecule has 21 heavy (non-hydrogen) atoms. The monoisotopic (exact) mass is 292 g/mol. The molecule has 1 N–H and O–H groups in total. The quantitative estimate of drug-likeness (QED) is 0.587. The molecule has 0 bridgehead atoms. The third kappa shape index (κ3) is 4.74. The first-order valence-corrected chi connectivity index (χ1v) is 6.15. The molecule has 0 aliphatic rings. The lowest BCUT2D eigenvalue weighted by atomic mass is 10.1. The Bertz CT molecular complexity index is 580. The molecule has 1 rings (SSSR count). The first kappa shape index (κ1) is 16.4. The Morgan fingerprint density at radius 2 is 2.10 bits per heavy atom. The van der Waals surface area contributed by atoms with Crippen molar-refractivity contribution >= 4 is 17.3 Å². The van der Waals surface area contributed by atoms with Crippen molar-refractivity contribution in [1.82, 2.24) is 4.90 Å². The summed E-state index contributed by atoms with van der Waals surface area (Å²) in [6.45, 7) is 0.736. The van der Waals surface area contributed by atoms with Gasteiger partial charge < -0.3 is 14.9 Å². The molecule has 0 amide bonds. The number of carbonyl (C=O) groups is 1. The number of benzene rings is 1. The van der Waals surface area contributed by atoms with Crippen LogP contribution in [0.25, 0.3) is 0 Å². The zero-order chi connectivity index (χ0) is 16.0. The summed E-state index contributed by atoms with van der Waals surface area (Å²) in [5, 5.41) is 28.8. The zero-order valence-electron chi connectivity index (χ0n) is 11.8. The van der Waals surface area contributed by atoms with E-state index in [2.05, 4.69) is 0 Å². The minimum atomic E-state index is -1.03. The average Bonchev–Trinajstić information content (AvgIpc) is 2.42. The molecule has 112 valence electrons. The van der Waals surface area contributed by atoms with Crippen molar-refractivity contribution in [1.29, 1.82) is 5.26 Å². The van der Waals surface area contributed by atoms with Gasteiger partial charge in [0.05, 0.1) is 4.92 Å². The van der Waals surface area contributed by atoms with Gasteiger partial charge in [0.1, 0.15) is 18.2 Å². The van der Waals surface area contributed by atoms with Crippen LogP contribution in [-0.2, 0) is 4.79 Å². The van der Waals surface area contributed by atoms with Crippen molar-refractivity contribution in [3.05, 3.63) is 33.9 Å².